The maximum atomic E-state index is 11.8. The number of aliphatic hydroxyl groups excluding tert-OH is 1. The summed E-state index contributed by atoms with van der Waals surface area (Å²) in [6.45, 7) is 9.56. The number of ether oxygens (including phenoxy) is 1. The summed E-state index contributed by atoms with van der Waals surface area (Å²) in [5, 5.41) is 24.5. The van der Waals surface area contributed by atoms with E-state index in [1.807, 2.05) is 13.8 Å². The Labute approximate surface area is 131 Å². The van der Waals surface area contributed by atoms with Crippen molar-refractivity contribution in [1.29, 1.82) is 0 Å². The Morgan fingerprint density at radius 1 is 1.41 bits per heavy atom. The number of aryl methyl sites for hydroxylation is 1. The number of rotatable bonds is 6. The second-order valence-electron chi connectivity index (χ2n) is 6.90. The highest BCUT2D eigenvalue weighted by atomic mass is 16.6. The van der Waals surface area contributed by atoms with Gasteiger partial charge in [0.25, 0.3) is 0 Å². The molecule has 1 amide bonds. The highest BCUT2D eigenvalue weighted by Crippen LogP contribution is 2.30. The first-order valence-corrected chi connectivity index (χ1v) is 7.38. The molecule has 0 aliphatic heterocycles. The van der Waals surface area contributed by atoms with Crippen LogP contribution in [0.15, 0.2) is 0 Å². The SMILES string of the molecule is CC(C)C(CO)(CNC(=O)OC(C)(C)C)Cc1nnn(C)n1. The number of hydrogen-bond acceptors (Lipinski definition) is 6. The lowest BCUT2D eigenvalue weighted by Gasteiger charge is -2.35. The smallest absolute Gasteiger partial charge is 0.407 e. The van der Waals surface area contributed by atoms with Crippen LogP contribution in [0.5, 0.6) is 0 Å². The van der Waals surface area contributed by atoms with E-state index in [-0.39, 0.29) is 19.1 Å². The van der Waals surface area contributed by atoms with E-state index in [1.54, 1.807) is 27.8 Å². The molecule has 8 nitrogen and oxygen atoms in total. The first kappa shape index (κ1) is 18.3. The molecule has 1 unspecified atom stereocenters. The van der Waals surface area contributed by atoms with Crippen LogP contribution in [0.3, 0.4) is 0 Å². The van der Waals surface area contributed by atoms with Gasteiger partial charge in [0.15, 0.2) is 5.82 Å². The number of carbonyl (C=O) groups excluding carboxylic acids is 1. The molecule has 2 N–H and O–H groups in total. The summed E-state index contributed by atoms with van der Waals surface area (Å²) in [7, 11) is 1.69. The van der Waals surface area contributed by atoms with Crippen molar-refractivity contribution in [2.24, 2.45) is 18.4 Å². The third-order valence-corrected chi connectivity index (χ3v) is 3.58. The molecule has 126 valence electrons. The number of amides is 1. The molecule has 0 spiro atoms. The predicted octanol–water partition coefficient (Wildman–Crippen LogP) is 0.912. The van der Waals surface area contributed by atoms with E-state index in [9.17, 15) is 9.90 Å². The summed E-state index contributed by atoms with van der Waals surface area (Å²) >= 11 is 0. The molecular formula is C14H27N5O3. The van der Waals surface area contributed by atoms with Crippen LogP contribution in [0.2, 0.25) is 0 Å². The van der Waals surface area contributed by atoms with Crippen LogP contribution in [-0.4, -0.2) is 50.2 Å². The molecule has 0 fully saturated rings. The van der Waals surface area contributed by atoms with Gasteiger partial charge in [-0.15, -0.1) is 10.2 Å². The Bertz CT molecular complexity index is 495. The van der Waals surface area contributed by atoms with Gasteiger partial charge in [-0.05, 0) is 31.9 Å². The fourth-order valence-corrected chi connectivity index (χ4v) is 2.04. The van der Waals surface area contributed by atoms with E-state index >= 15 is 0 Å². The summed E-state index contributed by atoms with van der Waals surface area (Å²) < 4.78 is 5.23. The quantitative estimate of drug-likeness (QED) is 0.809. The normalized spacial score (nSPS) is 14.7. The number of tetrazole rings is 1. The molecule has 22 heavy (non-hydrogen) atoms. The number of nitrogens with one attached hydrogen (secondary N) is 1. The van der Waals surface area contributed by atoms with Gasteiger partial charge in [0, 0.05) is 18.4 Å². The molecule has 0 aromatic carbocycles. The minimum absolute atomic E-state index is 0.0985. The fourth-order valence-electron chi connectivity index (χ4n) is 2.04. The lowest BCUT2D eigenvalue weighted by atomic mass is 9.75. The summed E-state index contributed by atoms with van der Waals surface area (Å²) in [6.07, 6.45) is -0.0803. The van der Waals surface area contributed by atoms with E-state index < -0.39 is 17.1 Å². The molecule has 1 aromatic rings. The van der Waals surface area contributed by atoms with Crippen LogP contribution >= 0.6 is 0 Å². The predicted molar refractivity (Wildman–Crippen MR) is 81.1 cm³/mol. The van der Waals surface area contributed by atoms with Gasteiger partial charge in [-0.3, -0.25) is 0 Å². The van der Waals surface area contributed by atoms with Crippen molar-refractivity contribution in [3.63, 3.8) is 0 Å². The van der Waals surface area contributed by atoms with Crippen molar-refractivity contribution >= 4 is 6.09 Å². The zero-order valence-corrected chi connectivity index (χ0v) is 14.3. The minimum atomic E-state index is -0.570. The Morgan fingerprint density at radius 3 is 2.45 bits per heavy atom. The summed E-state index contributed by atoms with van der Waals surface area (Å²) in [5.74, 6) is 0.646. The lowest BCUT2D eigenvalue weighted by Crippen LogP contribution is -2.46. The van der Waals surface area contributed by atoms with Crippen LogP contribution in [0.4, 0.5) is 4.79 Å². The number of hydrogen-bond donors (Lipinski definition) is 2. The topological polar surface area (TPSA) is 102 Å². The average Bonchev–Trinajstić information content (AvgIpc) is 2.77. The van der Waals surface area contributed by atoms with Gasteiger partial charge in [-0.25, -0.2) is 4.79 Å². The van der Waals surface area contributed by atoms with Gasteiger partial charge in [-0.1, -0.05) is 13.8 Å². The molecule has 1 rings (SSSR count). The molecule has 1 atom stereocenters. The highest BCUT2D eigenvalue weighted by Gasteiger charge is 2.36. The van der Waals surface area contributed by atoms with Crippen molar-refractivity contribution in [3.05, 3.63) is 5.82 Å². The molecule has 0 radical (unpaired) electrons. The van der Waals surface area contributed by atoms with E-state index in [0.717, 1.165) is 0 Å². The van der Waals surface area contributed by atoms with E-state index in [0.29, 0.717) is 12.2 Å². The Kier molecular flexibility index (Phi) is 5.87. The lowest BCUT2D eigenvalue weighted by molar-refractivity contribution is 0.0388. The molecule has 0 aliphatic carbocycles. The number of carbonyl (C=O) groups is 1. The van der Waals surface area contributed by atoms with Crippen molar-refractivity contribution in [2.45, 2.75) is 46.6 Å². The van der Waals surface area contributed by atoms with Crippen LogP contribution < -0.4 is 5.32 Å². The second-order valence-corrected chi connectivity index (χ2v) is 6.90. The summed E-state index contributed by atoms with van der Waals surface area (Å²) in [4.78, 5) is 13.2. The molecular weight excluding hydrogens is 286 g/mol. The zero-order chi connectivity index (χ0) is 17.0. The zero-order valence-electron chi connectivity index (χ0n) is 14.3. The standard InChI is InChI=1S/C14H27N5O3/c1-10(2)14(9-20,7-11-16-18-19(6)17-11)8-15-12(21)22-13(3,4)5/h10,20H,7-9H2,1-6H3,(H,15,21). The number of aliphatic hydroxyl groups is 1. The van der Waals surface area contributed by atoms with Gasteiger partial charge < -0.3 is 15.2 Å². The van der Waals surface area contributed by atoms with Crippen LogP contribution in [-0.2, 0) is 18.2 Å². The number of alkyl carbamates (subject to hydrolysis) is 1. The van der Waals surface area contributed by atoms with Gasteiger partial charge in [0.05, 0.1) is 13.7 Å². The van der Waals surface area contributed by atoms with Gasteiger partial charge in [-0.2, -0.15) is 4.80 Å². The number of nitrogens with zero attached hydrogens (tertiary/aromatic N) is 4. The third-order valence-electron chi connectivity index (χ3n) is 3.58. The van der Waals surface area contributed by atoms with Crippen molar-refractivity contribution in [3.8, 4) is 0 Å². The maximum absolute atomic E-state index is 11.8. The molecule has 0 saturated carbocycles. The average molecular weight is 313 g/mol. The van der Waals surface area contributed by atoms with E-state index in [4.69, 9.17) is 4.74 Å². The van der Waals surface area contributed by atoms with Crippen LogP contribution in [0.25, 0.3) is 0 Å². The summed E-state index contributed by atoms with van der Waals surface area (Å²) in [5.41, 5.74) is -1.13. The van der Waals surface area contributed by atoms with Gasteiger partial charge in [0.1, 0.15) is 5.60 Å². The van der Waals surface area contributed by atoms with Crippen molar-refractivity contribution in [1.82, 2.24) is 25.5 Å². The fraction of sp³-hybridized carbons (Fsp3) is 0.857. The van der Waals surface area contributed by atoms with Crippen molar-refractivity contribution < 1.29 is 14.6 Å². The van der Waals surface area contributed by atoms with Crippen molar-refractivity contribution in [2.75, 3.05) is 13.2 Å². The molecule has 0 bridgehead atoms. The van der Waals surface area contributed by atoms with Gasteiger partial charge >= 0.3 is 6.09 Å². The maximum Gasteiger partial charge on any atom is 0.407 e. The largest absolute Gasteiger partial charge is 0.444 e. The Balaban J connectivity index is 2.77. The first-order chi connectivity index (χ1) is 10.1. The van der Waals surface area contributed by atoms with E-state index in [2.05, 4.69) is 20.7 Å². The van der Waals surface area contributed by atoms with Crippen LogP contribution in [0, 0.1) is 11.3 Å². The molecule has 0 aliphatic rings. The first-order valence-electron chi connectivity index (χ1n) is 7.38. The monoisotopic (exact) mass is 313 g/mol. The molecule has 0 saturated heterocycles. The van der Waals surface area contributed by atoms with Gasteiger partial charge in [0.2, 0.25) is 0 Å². The molecule has 8 heteroatoms. The second kappa shape index (κ2) is 7.04. The Morgan fingerprint density at radius 2 is 2.05 bits per heavy atom. The van der Waals surface area contributed by atoms with Crippen LogP contribution in [0.1, 0.15) is 40.4 Å². The van der Waals surface area contributed by atoms with E-state index in [1.165, 1.54) is 4.80 Å². The molecule has 1 aromatic heterocycles. The molecule has 1 heterocycles. The Hall–Kier alpha value is -1.70. The highest BCUT2D eigenvalue weighted by molar-refractivity contribution is 5.67. The number of aromatic nitrogens is 4. The third kappa shape index (κ3) is 5.25. The minimum Gasteiger partial charge on any atom is -0.444 e. The summed E-state index contributed by atoms with van der Waals surface area (Å²) in [6, 6.07) is 0.